The highest BCUT2D eigenvalue weighted by Crippen LogP contribution is 2.13. The normalized spacial score (nSPS) is 10.3. The van der Waals surface area contributed by atoms with Gasteiger partial charge in [0, 0.05) is 5.92 Å². The van der Waals surface area contributed by atoms with E-state index >= 15 is 0 Å². The molecule has 0 spiro atoms. The summed E-state index contributed by atoms with van der Waals surface area (Å²) in [5, 5.41) is 2.66. The number of ketones is 1. The first-order chi connectivity index (χ1) is 6.61. The predicted octanol–water partition coefficient (Wildman–Crippen LogP) is 1.91. The number of carbonyl (C=O) groups is 2. The molecule has 14 heavy (non-hydrogen) atoms. The fraction of sp³-hybridized carbons (Fsp3) is 0.818. The summed E-state index contributed by atoms with van der Waals surface area (Å²) in [5.74, 6) is 0.123. The Balaban J connectivity index is 3.94. The SMILES string of the molecule is CCCC(CCC)C(=O)NCC(C)=O. The van der Waals surface area contributed by atoms with E-state index in [2.05, 4.69) is 19.2 Å². The Morgan fingerprint density at radius 2 is 1.64 bits per heavy atom. The standard InChI is InChI=1S/C11H21NO2/c1-4-6-10(7-5-2)11(14)12-8-9(3)13/h10H,4-8H2,1-3H3,(H,12,14). The van der Waals surface area contributed by atoms with E-state index in [1.807, 2.05) is 0 Å². The smallest absolute Gasteiger partial charge is 0.223 e. The average Bonchev–Trinajstić information content (AvgIpc) is 2.14. The van der Waals surface area contributed by atoms with Crippen molar-refractivity contribution in [3.05, 3.63) is 0 Å². The summed E-state index contributed by atoms with van der Waals surface area (Å²) in [4.78, 5) is 22.2. The molecule has 0 saturated heterocycles. The lowest BCUT2D eigenvalue weighted by Gasteiger charge is -2.14. The average molecular weight is 199 g/mol. The van der Waals surface area contributed by atoms with E-state index in [1.165, 1.54) is 6.92 Å². The maximum atomic E-state index is 11.6. The molecule has 0 aliphatic carbocycles. The third-order valence-corrected chi connectivity index (χ3v) is 2.16. The van der Waals surface area contributed by atoms with Crippen molar-refractivity contribution in [1.82, 2.24) is 5.32 Å². The van der Waals surface area contributed by atoms with Gasteiger partial charge in [-0.3, -0.25) is 9.59 Å². The summed E-state index contributed by atoms with van der Waals surface area (Å²) in [7, 11) is 0. The fourth-order valence-electron chi connectivity index (χ4n) is 1.46. The van der Waals surface area contributed by atoms with Crippen LogP contribution in [0.5, 0.6) is 0 Å². The monoisotopic (exact) mass is 199 g/mol. The zero-order valence-corrected chi connectivity index (χ0v) is 9.43. The molecule has 0 unspecified atom stereocenters. The van der Waals surface area contributed by atoms with Crippen LogP contribution in [0.25, 0.3) is 0 Å². The van der Waals surface area contributed by atoms with E-state index in [4.69, 9.17) is 0 Å². The number of carbonyl (C=O) groups excluding carboxylic acids is 2. The molecule has 1 N–H and O–H groups in total. The van der Waals surface area contributed by atoms with Gasteiger partial charge in [0.25, 0.3) is 0 Å². The molecular formula is C11H21NO2. The fourth-order valence-corrected chi connectivity index (χ4v) is 1.46. The van der Waals surface area contributed by atoms with Crippen molar-refractivity contribution in [3.8, 4) is 0 Å². The molecule has 3 nitrogen and oxygen atoms in total. The second-order valence-corrected chi connectivity index (χ2v) is 3.69. The van der Waals surface area contributed by atoms with Gasteiger partial charge < -0.3 is 5.32 Å². The summed E-state index contributed by atoms with van der Waals surface area (Å²) >= 11 is 0. The summed E-state index contributed by atoms with van der Waals surface area (Å²) in [6.07, 6.45) is 3.85. The Bertz CT molecular complexity index is 184. The molecular weight excluding hydrogens is 178 g/mol. The van der Waals surface area contributed by atoms with Crippen LogP contribution in [-0.2, 0) is 9.59 Å². The van der Waals surface area contributed by atoms with Crippen molar-refractivity contribution in [1.29, 1.82) is 0 Å². The maximum absolute atomic E-state index is 11.6. The van der Waals surface area contributed by atoms with E-state index in [-0.39, 0.29) is 24.2 Å². The lowest BCUT2D eigenvalue weighted by molar-refractivity contribution is -0.127. The highest BCUT2D eigenvalue weighted by Gasteiger charge is 2.15. The van der Waals surface area contributed by atoms with E-state index in [0.717, 1.165) is 25.7 Å². The molecule has 0 bridgehead atoms. The number of hydrogen-bond donors (Lipinski definition) is 1. The van der Waals surface area contributed by atoms with Crippen molar-refractivity contribution in [2.45, 2.75) is 46.5 Å². The van der Waals surface area contributed by atoms with Crippen LogP contribution < -0.4 is 5.32 Å². The molecule has 0 rings (SSSR count). The highest BCUT2D eigenvalue weighted by atomic mass is 16.2. The van der Waals surface area contributed by atoms with Gasteiger partial charge in [-0.2, -0.15) is 0 Å². The molecule has 0 aliphatic rings. The van der Waals surface area contributed by atoms with Crippen molar-refractivity contribution in [2.24, 2.45) is 5.92 Å². The van der Waals surface area contributed by atoms with Gasteiger partial charge in [0.1, 0.15) is 5.78 Å². The van der Waals surface area contributed by atoms with Gasteiger partial charge in [-0.1, -0.05) is 26.7 Å². The van der Waals surface area contributed by atoms with Gasteiger partial charge in [0.2, 0.25) is 5.91 Å². The van der Waals surface area contributed by atoms with Gasteiger partial charge in [-0.05, 0) is 19.8 Å². The number of nitrogens with one attached hydrogen (secondary N) is 1. The van der Waals surface area contributed by atoms with Gasteiger partial charge in [-0.15, -0.1) is 0 Å². The van der Waals surface area contributed by atoms with E-state index < -0.39 is 0 Å². The third kappa shape index (κ3) is 5.73. The van der Waals surface area contributed by atoms with Crippen LogP contribution in [-0.4, -0.2) is 18.2 Å². The van der Waals surface area contributed by atoms with Gasteiger partial charge >= 0.3 is 0 Å². The van der Waals surface area contributed by atoms with Crippen LogP contribution in [0.4, 0.5) is 0 Å². The first kappa shape index (κ1) is 13.1. The molecule has 0 aliphatic heterocycles. The van der Waals surface area contributed by atoms with E-state index in [1.54, 1.807) is 0 Å². The van der Waals surface area contributed by atoms with Crippen LogP contribution in [0, 0.1) is 5.92 Å². The maximum Gasteiger partial charge on any atom is 0.223 e. The summed E-state index contributed by atoms with van der Waals surface area (Å²) < 4.78 is 0. The molecule has 3 heteroatoms. The summed E-state index contributed by atoms with van der Waals surface area (Å²) in [6, 6.07) is 0. The number of hydrogen-bond acceptors (Lipinski definition) is 2. The molecule has 0 aromatic rings. The van der Waals surface area contributed by atoms with Gasteiger partial charge in [-0.25, -0.2) is 0 Å². The quantitative estimate of drug-likeness (QED) is 0.680. The van der Waals surface area contributed by atoms with Crippen molar-refractivity contribution >= 4 is 11.7 Å². The minimum atomic E-state index is 0.00472. The molecule has 0 aromatic carbocycles. The van der Waals surface area contributed by atoms with Crippen molar-refractivity contribution in [3.63, 3.8) is 0 Å². The van der Waals surface area contributed by atoms with Crippen LogP contribution in [0.2, 0.25) is 0 Å². The van der Waals surface area contributed by atoms with Crippen molar-refractivity contribution < 1.29 is 9.59 Å². The van der Waals surface area contributed by atoms with Crippen LogP contribution in [0.3, 0.4) is 0 Å². The Hall–Kier alpha value is -0.860. The van der Waals surface area contributed by atoms with E-state index in [9.17, 15) is 9.59 Å². The number of Topliss-reactive ketones (excluding diaryl/α,β-unsaturated/α-hetero) is 1. The summed E-state index contributed by atoms with van der Waals surface area (Å²) in [6.45, 7) is 5.79. The Morgan fingerprint density at radius 3 is 2.00 bits per heavy atom. The minimum absolute atomic E-state index is 0.00472. The molecule has 0 radical (unpaired) electrons. The van der Waals surface area contributed by atoms with Crippen LogP contribution in [0.15, 0.2) is 0 Å². The third-order valence-electron chi connectivity index (χ3n) is 2.16. The molecule has 82 valence electrons. The molecule has 0 saturated carbocycles. The second kappa shape index (κ2) is 7.54. The summed E-state index contributed by atoms with van der Waals surface area (Å²) in [5.41, 5.74) is 0. The molecule has 0 atom stereocenters. The Labute approximate surface area is 86.3 Å². The van der Waals surface area contributed by atoms with Crippen molar-refractivity contribution in [2.75, 3.05) is 6.54 Å². The number of amides is 1. The lowest BCUT2D eigenvalue weighted by Crippen LogP contribution is -2.33. The molecule has 0 fully saturated rings. The first-order valence-electron chi connectivity index (χ1n) is 5.38. The minimum Gasteiger partial charge on any atom is -0.349 e. The zero-order chi connectivity index (χ0) is 11.0. The molecule has 0 aromatic heterocycles. The van der Waals surface area contributed by atoms with Crippen LogP contribution >= 0.6 is 0 Å². The predicted molar refractivity (Wildman–Crippen MR) is 57.0 cm³/mol. The number of rotatable bonds is 7. The zero-order valence-electron chi connectivity index (χ0n) is 9.43. The van der Waals surface area contributed by atoms with Gasteiger partial charge in [0.05, 0.1) is 6.54 Å². The molecule has 0 heterocycles. The molecule has 1 amide bonds. The Morgan fingerprint density at radius 1 is 1.14 bits per heavy atom. The Kier molecular flexibility index (Phi) is 7.07. The highest BCUT2D eigenvalue weighted by molar-refractivity contribution is 5.85. The van der Waals surface area contributed by atoms with E-state index in [0.29, 0.717) is 0 Å². The lowest BCUT2D eigenvalue weighted by atomic mass is 9.97. The second-order valence-electron chi connectivity index (χ2n) is 3.69. The largest absolute Gasteiger partial charge is 0.349 e. The topological polar surface area (TPSA) is 46.2 Å². The first-order valence-corrected chi connectivity index (χ1v) is 5.38. The van der Waals surface area contributed by atoms with Crippen LogP contribution in [0.1, 0.15) is 46.5 Å². The van der Waals surface area contributed by atoms with Gasteiger partial charge in [0.15, 0.2) is 0 Å².